The average Bonchev–Trinajstić information content (AvgIpc) is 3.83. The average molecular weight is 738 g/mol. The number of carbonyl (C=O) groups is 5. The number of hydrogen-bond acceptors (Lipinski definition) is 10. The number of benzene rings is 2. The van der Waals surface area contributed by atoms with Crippen LogP contribution in [0.15, 0.2) is 47.5 Å². The Bertz CT molecular complexity index is 2220. The number of Topliss-reactive ketones (excluding diaryl/α,β-unsaturated/α-hetero) is 1. The van der Waals surface area contributed by atoms with Gasteiger partial charge in [0.05, 0.1) is 21.8 Å². The Morgan fingerprint density at radius 2 is 1.79 bits per heavy atom. The second kappa shape index (κ2) is 13.2. The molecule has 4 atom stereocenters. The van der Waals surface area contributed by atoms with Gasteiger partial charge in [-0.05, 0) is 88.1 Å². The number of imide groups is 2. The quantitative estimate of drug-likeness (QED) is 0.219. The first-order valence-electron chi connectivity index (χ1n) is 17.5. The van der Waals surface area contributed by atoms with Crippen molar-refractivity contribution in [3.05, 3.63) is 92.5 Å². The van der Waals surface area contributed by atoms with E-state index >= 15 is 0 Å². The predicted molar refractivity (Wildman–Crippen MR) is 195 cm³/mol. The zero-order chi connectivity index (χ0) is 36.4. The molecule has 2 fully saturated rings. The van der Waals surface area contributed by atoms with Gasteiger partial charge in [0.25, 0.3) is 11.8 Å². The van der Waals surface area contributed by atoms with Gasteiger partial charge in [0.2, 0.25) is 11.8 Å². The molecular formula is C38H36ClN7O5S. The lowest BCUT2D eigenvalue weighted by Crippen LogP contribution is -2.54. The van der Waals surface area contributed by atoms with E-state index in [1.165, 1.54) is 0 Å². The number of aliphatic imine (C=N–C) groups is 1. The zero-order valence-corrected chi connectivity index (χ0v) is 30.4. The number of aromatic nitrogens is 3. The Labute approximate surface area is 308 Å². The fraction of sp³-hybridized carbons (Fsp3) is 0.368. The lowest BCUT2D eigenvalue weighted by atomic mass is 9.92. The molecule has 0 radical (unpaired) electrons. The summed E-state index contributed by atoms with van der Waals surface area (Å²) in [4.78, 5) is 70.0. The van der Waals surface area contributed by atoms with Gasteiger partial charge >= 0.3 is 0 Å². The molecule has 0 spiro atoms. The van der Waals surface area contributed by atoms with E-state index in [1.807, 2.05) is 41.8 Å². The van der Waals surface area contributed by atoms with Crippen molar-refractivity contribution in [2.75, 3.05) is 5.32 Å². The van der Waals surface area contributed by atoms with Crippen LogP contribution in [-0.2, 0) is 20.8 Å². The van der Waals surface area contributed by atoms with Crippen molar-refractivity contribution in [1.29, 1.82) is 0 Å². The highest BCUT2D eigenvalue weighted by molar-refractivity contribution is 7.19. The highest BCUT2D eigenvalue weighted by atomic mass is 35.5. The fourth-order valence-electron chi connectivity index (χ4n) is 8.07. The van der Waals surface area contributed by atoms with Crippen LogP contribution in [0, 0.1) is 19.8 Å². The van der Waals surface area contributed by atoms with Crippen LogP contribution in [0.25, 0.3) is 5.00 Å². The highest BCUT2D eigenvalue weighted by Crippen LogP contribution is 2.44. The van der Waals surface area contributed by atoms with Gasteiger partial charge in [-0.15, -0.1) is 10.2 Å². The molecular weight excluding hydrogens is 702 g/mol. The van der Waals surface area contributed by atoms with Gasteiger partial charge in [-0.25, -0.2) is 0 Å². The number of anilines is 1. The summed E-state index contributed by atoms with van der Waals surface area (Å²) in [6.07, 6.45) is 3.75. The van der Waals surface area contributed by atoms with Crippen LogP contribution >= 0.6 is 22.9 Å². The number of amides is 4. The molecule has 3 aliphatic heterocycles. The first kappa shape index (κ1) is 34.1. The van der Waals surface area contributed by atoms with Crippen molar-refractivity contribution in [2.24, 2.45) is 10.9 Å². The third-order valence-corrected chi connectivity index (χ3v) is 12.0. The molecule has 14 heteroatoms. The van der Waals surface area contributed by atoms with Crippen LogP contribution in [0.4, 0.5) is 5.00 Å². The first-order valence-corrected chi connectivity index (χ1v) is 18.7. The molecule has 5 heterocycles. The molecule has 2 aromatic carbocycles. The number of fused-ring (bicyclic) bond motifs is 4. The Morgan fingerprint density at radius 3 is 2.54 bits per heavy atom. The van der Waals surface area contributed by atoms with Crippen LogP contribution in [-0.4, -0.2) is 66.9 Å². The van der Waals surface area contributed by atoms with Gasteiger partial charge in [-0.1, -0.05) is 47.2 Å². The summed E-state index contributed by atoms with van der Waals surface area (Å²) in [6.45, 7) is 5.56. The molecule has 1 saturated carbocycles. The number of nitrogens with zero attached hydrogens (tertiary/aromatic N) is 5. The smallest absolute Gasteiger partial charge is 0.262 e. The lowest BCUT2D eigenvalue weighted by Gasteiger charge is -2.27. The number of piperidine rings is 1. The van der Waals surface area contributed by atoms with Crippen LogP contribution in [0.3, 0.4) is 0 Å². The minimum Gasteiger partial charge on any atom is -0.374 e. The molecule has 2 N–H and O–H groups in total. The molecule has 8 rings (SSSR count). The number of aryl methyl sites for hydroxylation is 1. The van der Waals surface area contributed by atoms with Gasteiger partial charge in [0.15, 0.2) is 5.82 Å². The maximum absolute atomic E-state index is 13.7. The topological polar surface area (TPSA) is 156 Å². The van der Waals surface area contributed by atoms with E-state index < -0.39 is 35.7 Å². The standard InChI is InChI=1S/C38H36ClN7O5S/c1-18(47)15-27-33-44-43-20(3)45(33)38-30(32(41-27)22-8-10-24(39)11-9-22)19(2)35(52-38)40-25-12-7-21(17-25)16-23-5-4-6-26-31(23)37(51)46(36(26)50)28-13-14-29(48)42-34(28)49/h4-6,8-11,21,25,27-28,40H,7,12-17H2,1-3H3,(H,42,48,49)/t21?,25?,27-,28?/m0/s1. The second-order valence-corrected chi connectivity index (χ2v) is 15.5. The maximum Gasteiger partial charge on any atom is 0.262 e. The van der Waals surface area contributed by atoms with Crippen LogP contribution in [0.1, 0.15) is 106 Å². The van der Waals surface area contributed by atoms with Crippen molar-refractivity contribution < 1.29 is 24.0 Å². The van der Waals surface area contributed by atoms with E-state index in [0.717, 1.165) is 62.1 Å². The number of rotatable bonds is 8. The number of carbonyl (C=O) groups excluding carboxylic acids is 5. The fourth-order valence-corrected chi connectivity index (χ4v) is 9.54. The minimum absolute atomic E-state index is 0.0135. The van der Waals surface area contributed by atoms with E-state index in [4.69, 9.17) is 16.6 Å². The zero-order valence-electron chi connectivity index (χ0n) is 28.9. The summed E-state index contributed by atoms with van der Waals surface area (Å²) in [5.74, 6) is -0.354. The lowest BCUT2D eigenvalue weighted by molar-refractivity contribution is -0.136. The largest absolute Gasteiger partial charge is 0.374 e. The summed E-state index contributed by atoms with van der Waals surface area (Å²) in [5.41, 5.74) is 5.14. The van der Waals surface area contributed by atoms with E-state index in [0.29, 0.717) is 34.2 Å². The Kier molecular flexibility index (Phi) is 8.65. The molecule has 2 aromatic heterocycles. The SMILES string of the molecule is CC(=O)C[C@@H]1N=C(c2ccc(Cl)cc2)c2c(sc(NC3CCC(Cc4cccc5c4C(=O)N(C4CCC(=O)NC4=O)C5=O)C3)c2C)-n2c(C)nnc21. The van der Waals surface area contributed by atoms with Gasteiger partial charge in [0.1, 0.15) is 28.7 Å². The van der Waals surface area contributed by atoms with Gasteiger partial charge in [-0.3, -0.25) is 43.7 Å². The van der Waals surface area contributed by atoms with E-state index in [9.17, 15) is 24.0 Å². The third kappa shape index (κ3) is 5.85. The molecule has 12 nitrogen and oxygen atoms in total. The van der Waals surface area contributed by atoms with Crippen molar-refractivity contribution in [3.63, 3.8) is 0 Å². The Balaban J connectivity index is 1.05. The van der Waals surface area contributed by atoms with Crippen molar-refractivity contribution >= 4 is 63.1 Å². The van der Waals surface area contributed by atoms with Gasteiger partial charge in [0, 0.05) is 35.0 Å². The van der Waals surface area contributed by atoms with Crippen molar-refractivity contribution in [1.82, 2.24) is 25.0 Å². The van der Waals surface area contributed by atoms with Gasteiger partial charge in [-0.2, -0.15) is 0 Å². The third-order valence-electron chi connectivity index (χ3n) is 10.5. The van der Waals surface area contributed by atoms with Crippen LogP contribution in [0.5, 0.6) is 0 Å². The van der Waals surface area contributed by atoms with Crippen LogP contribution < -0.4 is 10.6 Å². The van der Waals surface area contributed by atoms with Gasteiger partial charge < -0.3 is 5.32 Å². The summed E-state index contributed by atoms with van der Waals surface area (Å²) in [5, 5.41) is 17.6. The molecule has 0 bridgehead atoms. The number of ketones is 1. The minimum atomic E-state index is -0.995. The molecule has 52 heavy (non-hydrogen) atoms. The maximum atomic E-state index is 13.7. The monoisotopic (exact) mass is 737 g/mol. The molecule has 4 aliphatic rings. The normalized spacial score (nSPS) is 22.5. The summed E-state index contributed by atoms with van der Waals surface area (Å²) < 4.78 is 2.03. The predicted octanol–water partition coefficient (Wildman–Crippen LogP) is 5.69. The molecule has 3 unspecified atom stereocenters. The summed E-state index contributed by atoms with van der Waals surface area (Å²) in [7, 11) is 0. The molecule has 4 aromatic rings. The number of nitrogens with one attached hydrogen (secondary N) is 2. The Morgan fingerprint density at radius 1 is 1.00 bits per heavy atom. The molecule has 1 saturated heterocycles. The highest BCUT2D eigenvalue weighted by Gasteiger charge is 2.46. The summed E-state index contributed by atoms with van der Waals surface area (Å²) >= 11 is 7.89. The molecule has 266 valence electrons. The number of hydrogen-bond donors (Lipinski definition) is 2. The van der Waals surface area contributed by atoms with E-state index in [1.54, 1.807) is 30.4 Å². The van der Waals surface area contributed by atoms with Crippen LogP contribution in [0.2, 0.25) is 5.02 Å². The van der Waals surface area contributed by atoms with Crippen molar-refractivity contribution in [3.8, 4) is 5.00 Å². The van der Waals surface area contributed by atoms with E-state index in [2.05, 4.69) is 27.8 Å². The van der Waals surface area contributed by atoms with E-state index in [-0.39, 0.29) is 37.0 Å². The second-order valence-electron chi connectivity index (χ2n) is 14.1. The number of thiophene rings is 1. The molecule has 1 aliphatic carbocycles. The summed E-state index contributed by atoms with van der Waals surface area (Å²) in [6, 6.07) is 11.6. The van der Waals surface area contributed by atoms with Crippen molar-refractivity contribution in [2.45, 2.75) is 83.8 Å². The Hall–Kier alpha value is -5.01. The number of halogens is 1. The molecule has 4 amide bonds. The first-order chi connectivity index (χ1) is 25.0.